The third kappa shape index (κ3) is 10.5. The number of nitrogens with one attached hydrogen (secondary N) is 4. The first-order valence-corrected chi connectivity index (χ1v) is 18.1. The van der Waals surface area contributed by atoms with Crippen molar-refractivity contribution in [2.24, 2.45) is 5.73 Å². The number of anilines is 3. The van der Waals surface area contributed by atoms with E-state index >= 15 is 0 Å². The number of benzene rings is 5. The van der Waals surface area contributed by atoms with E-state index in [1.165, 1.54) is 72.8 Å². The molecule has 0 aliphatic rings. The van der Waals surface area contributed by atoms with Gasteiger partial charge in [0.25, 0.3) is 29.5 Å². The number of hydrazine groups is 1. The van der Waals surface area contributed by atoms with Crippen LogP contribution in [0.1, 0.15) is 72.1 Å². The molecule has 0 saturated carbocycles. The second-order valence-corrected chi connectivity index (χ2v) is 13.4. The lowest BCUT2D eigenvalue weighted by Gasteiger charge is -2.28. The number of primary amides is 1. The molecule has 0 saturated heterocycles. The van der Waals surface area contributed by atoms with Gasteiger partial charge in [-0.2, -0.15) is 0 Å². The van der Waals surface area contributed by atoms with Crippen LogP contribution in [0, 0.1) is 23.3 Å². The van der Waals surface area contributed by atoms with E-state index in [-0.39, 0.29) is 51.1 Å². The zero-order chi connectivity index (χ0) is 45.4. The van der Waals surface area contributed by atoms with E-state index < -0.39 is 94.6 Å². The summed E-state index contributed by atoms with van der Waals surface area (Å²) < 4.78 is 62.7. The average Bonchev–Trinajstić information content (AvgIpc) is 3.23. The topological polar surface area (TPSA) is 247 Å². The largest absolute Gasteiger partial charge is 0.504 e. The van der Waals surface area contributed by atoms with Crippen LogP contribution in [0.3, 0.4) is 0 Å². The molecular weight excluding hydrogens is 824 g/mol. The molecule has 320 valence electrons. The number of phenols is 1. The summed E-state index contributed by atoms with van der Waals surface area (Å²) in [7, 11) is 0. The highest BCUT2D eigenvalue weighted by molar-refractivity contribution is 6.10. The highest BCUT2D eigenvalue weighted by Crippen LogP contribution is 2.39. The van der Waals surface area contributed by atoms with Crippen molar-refractivity contribution in [1.82, 2.24) is 10.7 Å². The summed E-state index contributed by atoms with van der Waals surface area (Å²) in [6.45, 7) is 3.23. The molecule has 0 aliphatic carbocycles. The zero-order valence-corrected chi connectivity index (χ0v) is 32.3. The molecule has 0 heterocycles. The fraction of sp³-hybridized carbons (Fsp3) is 0.119. The molecule has 1 atom stereocenters. The molecule has 16 nitrogen and oxygen atoms in total. The van der Waals surface area contributed by atoms with Crippen LogP contribution in [0.2, 0.25) is 0 Å². The predicted octanol–water partition coefficient (Wildman–Crippen LogP) is 5.29. The number of hydrogen-bond donors (Lipinski definition) is 7. The molecule has 0 radical (unpaired) electrons. The van der Waals surface area contributed by atoms with Gasteiger partial charge >= 0.3 is 5.97 Å². The van der Waals surface area contributed by atoms with E-state index in [1.54, 1.807) is 19.9 Å². The number of hydrogen-bond acceptors (Lipinski definition) is 9. The Kier molecular flexibility index (Phi) is 13.9. The zero-order valence-electron chi connectivity index (χ0n) is 32.3. The van der Waals surface area contributed by atoms with Crippen LogP contribution < -0.4 is 36.9 Å². The SMILES string of the molecule is CC(C)Oc1c(NC(=O)c2ccc(N(NC(=O)c3ccccc3)C(=O)C(CC(N)=O)NC(=O)c3c(F)c(F)cc(F)c3F)cc2)ccc(C(=O)Nc2ccc(C(=O)O)cc2)c1O. The minimum Gasteiger partial charge on any atom is -0.504 e. The fourth-order valence-corrected chi connectivity index (χ4v) is 5.62. The molecule has 0 spiro atoms. The van der Waals surface area contributed by atoms with Crippen molar-refractivity contribution >= 4 is 58.5 Å². The Bertz CT molecular complexity index is 2550. The molecule has 5 rings (SSSR count). The third-order valence-corrected chi connectivity index (χ3v) is 8.57. The summed E-state index contributed by atoms with van der Waals surface area (Å²) in [6, 6.07) is 17.4. The van der Waals surface area contributed by atoms with Gasteiger partial charge in [-0.25, -0.2) is 27.4 Å². The minimum atomic E-state index is -2.11. The van der Waals surface area contributed by atoms with E-state index in [4.69, 9.17) is 15.6 Å². The van der Waals surface area contributed by atoms with Gasteiger partial charge in [-0.3, -0.25) is 34.2 Å². The monoisotopic (exact) mass is 858 g/mol. The van der Waals surface area contributed by atoms with Gasteiger partial charge in [-0.05, 0) is 86.6 Å². The predicted molar refractivity (Wildman–Crippen MR) is 212 cm³/mol. The van der Waals surface area contributed by atoms with E-state index in [1.807, 2.05) is 5.32 Å². The lowest BCUT2D eigenvalue weighted by Crippen LogP contribution is -2.56. The van der Waals surface area contributed by atoms with Gasteiger partial charge in [0.15, 0.2) is 34.8 Å². The van der Waals surface area contributed by atoms with Crippen LogP contribution in [0.5, 0.6) is 11.5 Å². The van der Waals surface area contributed by atoms with Gasteiger partial charge in [0, 0.05) is 22.9 Å². The van der Waals surface area contributed by atoms with Crippen molar-refractivity contribution in [3.8, 4) is 11.5 Å². The average molecular weight is 859 g/mol. The maximum atomic E-state index is 14.5. The first-order valence-electron chi connectivity index (χ1n) is 18.1. The van der Waals surface area contributed by atoms with Crippen LogP contribution in [0.15, 0.2) is 97.1 Å². The molecule has 8 N–H and O–H groups in total. The molecule has 5 aromatic rings. The summed E-state index contributed by atoms with van der Waals surface area (Å²) in [5.74, 6) is -17.2. The summed E-state index contributed by atoms with van der Waals surface area (Å²) >= 11 is 0. The van der Waals surface area contributed by atoms with E-state index in [9.17, 15) is 56.2 Å². The van der Waals surface area contributed by atoms with Crippen molar-refractivity contribution < 1.29 is 66.1 Å². The molecular formula is C42H34F4N6O10. The van der Waals surface area contributed by atoms with Gasteiger partial charge in [-0.1, -0.05) is 18.2 Å². The minimum absolute atomic E-state index is 0.0109. The van der Waals surface area contributed by atoms with E-state index in [0.29, 0.717) is 5.01 Å². The number of aromatic carboxylic acids is 1. The molecule has 0 aromatic heterocycles. The number of carboxylic acids is 1. The number of ether oxygens (including phenoxy) is 1. The number of rotatable bonds is 14. The summed E-state index contributed by atoms with van der Waals surface area (Å²) in [5.41, 5.74) is 5.36. The lowest BCUT2D eigenvalue weighted by molar-refractivity contribution is -0.125. The summed E-state index contributed by atoms with van der Waals surface area (Å²) in [4.78, 5) is 90.2. The Morgan fingerprint density at radius 1 is 0.710 bits per heavy atom. The number of aromatic hydroxyl groups is 1. The van der Waals surface area contributed by atoms with Crippen molar-refractivity contribution in [1.29, 1.82) is 0 Å². The maximum Gasteiger partial charge on any atom is 0.335 e. The van der Waals surface area contributed by atoms with Crippen LogP contribution in [0.25, 0.3) is 0 Å². The molecule has 20 heteroatoms. The number of carbonyl (C=O) groups is 7. The van der Waals surface area contributed by atoms with Crippen LogP contribution in [-0.2, 0) is 9.59 Å². The fourth-order valence-electron chi connectivity index (χ4n) is 5.62. The molecule has 0 aliphatic heterocycles. The number of nitrogens with two attached hydrogens (primary N) is 1. The molecule has 62 heavy (non-hydrogen) atoms. The van der Waals surface area contributed by atoms with Gasteiger partial charge in [0.2, 0.25) is 5.91 Å². The second kappa shape index (κ2) is 19.2. The highest BCUT2D eigenvalue weighted by Gasteiger charge is 2.34. The van der Waals surface area contributed by atoms with Crippen molar-refractivity contribution in [2.45, 2.75) is 32.4 Å². The normalized spacial score (nSPS) is 11.2. The Balaban J connectivity index is 1.43. The molecule has 0 fully saturated rings. The van der Waals surface area contributed by atoms with Gasteiger partial charge in [0.05, 0.1) is 35.0 Å². The number of nitrogens with zero attached hydrogens (tertiary/aromatic N) is 1. The standard InChI is InChI=1S/C42H34F4N6O10/c1-20(2)62-36-29(17-16-26(35(36)54)39(57)48-24-12-8-23(9-13-24)42(60)61)49-37(55)22-10-14-25(15-11-22)52(51-38(56)21-6-4-3-5-7-21)41(59)30(19-31(47)53)50-40(58)32-33(45)27(43)18-28(44)34(32)46/h3-18,20,30,54H,19H2,1-2H3,(H2,47,53)(H,48,57)(H,49,55)(H,50,58)(H,51,56)(H,60,61). The van der Waals surface area contributed by atoms with Gasteiger partial charge in [0.1, 0.15) is 11.6 Å². The third-order valence-electron chi connectivity index (χ3n) is 8.57. The number of carboxylic acid groups (broad SMARTS) is 1. The smallest absolute Gasteiger partial charge is 0.335 e. The number of carbonyl (C=O) groups excluding carboxylic acids is 6. The molecule has 0 bridgehead atoms. The molecule has 6 amide bonds. The van der Waals surface area contributed by atoms with Crippen LogP contribution >= 0.6 is 0 Å². The van der Waals surface area contributed by atoms with E-state index in [2.05, 4.69) is 16.1 Å². The second-order valence-electron chi connectivity index (χ2n) is 13.4. The van der Waals surface area contributed by atoms with Gasteiger partial charge in [-0.15, -0.1) is 0 Å². The van der Waals surface area contributed by atoms with Gasteiger partial charge < -0.3 is 36.6 Å². The molecule has 5 aromatic carbocycles. The van der Waals surface area contributed by atoms with Crippen LogP contribution in [0.4, 0.5) is 34.6 Å². The highest BCUT2D eigenvalue weighted by atomic mass is 19.2. The Morgan fingerprint density at radius 2 is 1.29 bits per heavy atom. The summed E-state index contributed by atoms with van der Waals surface area (Å²) in [6.07, 6.45) is -1.62. The summed E-state index contributed by atoms with van der Waals surface area (Å²) in [5, 5.41) is 27.7. The van der Waals surface area contributed by atoms with Crippen molar-refractivity contribution in [2.75, 3.05) is 15.6 Å². The number of amides is 6. The Labute approximate surface area is 348 Å². The number of halogens is 4. The number of phenolic OH excluding ortho intramolecular Hbond substituents is 1. The Hall–Kier alpha value is -8.29. The van der Waals surface area contributed by atoms with E-state index in [0.717, 1.165) is 12.1 Å². The lowest BCUT2D eigenvalue weighted by atomic mass is 10.1. The first kappa shape index (κ1) is 44.8. The van der Waals surface area contributed by atoms with Crippen LogP contribution in [-0.4, -0.2) is 63.8 Å². The first-order chi connectivity index (χ1) is 29.4. The quantitative estimate of drug-likeness (QED) is 0.0432. The van der Waals surface area contributed by atoms with Crippen molar-refractivity contribution in [3.63, 3.8) is 0 Å². The van der Waals surface area contributed by atoms with Crippen molar-refractivity contribution in [3.05, 3.63) is 148 Å². The Morgan fingerprint density at radius 3 is 1.85 bits per heavy atom. The molecule has 1 unspecified atom stereocenters. The maximum absolute atomic E-state index is 14.5.